The van der Waals surface area contributed by atoms with Crippen LogP contribution in [0.1, 0.15) is 38.2 Å². The first-order chi connectivity index (χ1) is 13.4. The van der Waals surface area contributed by atoms with E-state index in [4.69, 9.17) is 15.2 Å². The molecule has 2 N–H and O–H groups in total. The zero-order valence-corrected chi connectivity index (χ0v) is 16.2. The fourth-order valence-electron chi connectivity index (χ4n) is 4.32. The number of hydrogen-bond acceptors (Lipinski definition) is 5. The molecule has 5 nitrogen and oxygen atoms in total. The topological polar surface area (TPSA) is 85.3 Å². The maximum Gasteiger partial charge on any atom is 0.205 e. The summed E-state index contributed by atoms with van der Waals surface area (Å²) in [6.07, 6.45) is 1.02. The Labute approximate surface area is 164 Å². The summed E-state index contributed by atoms with van der Waals surface area (Å²) in [5, 5.41) is 11.7. The highest BCUT2D eigenvalue weighted by Crippen LogP contribution is 2.49. The maximum absolute atomic E-state index is 13.1. The fourth-order valence-corrected chi connectivity index (χ4v) is 4.32. The monoisotopic (exact) mass is 374 g/mol. The van der Waals surface area contributed by atoms with Gasteiger partial charge in [-0.3, -0.25) is 4.79 Å². The van der Waals surface area contributed by atoms with Crippen LogP contribution in [0.2, 0.25) is 0 Å². The van der Waals surface area contributed by atoms with Gasteiger partial charge in [-0.25, -0.2) is 0 Å². The van der Waals surface area contributed by atoms with Gasteiger partial charge < -0.3 is 15.2 Å². The summed E-state index contributed by atoms with van der Waals surface area (Å²) in [5.41, 5.74) is 7.62. The molecule has 1 heterocycles. The van der Waals surface area contributed by atoms with E-state index < -0.39 is 5.92 Å². The number of ketones is 1. The molecule has 0 bridgehead atoms. The third kappa shape index (κ3) is 2.73. The molecule has 0 saturated carbocycles. The number of nitriles is 1. The molecule has 0 amide bonds. The molecule has 0 radical (unpaired) electrons. The number of nitrogens with zero attached hydrogens (tertiary/aromatic N) is 1. The number of carbonyl (C=O) groups is 1. The molecule has 0 saturated heterocycles. The Balaban J connectivity index is 2.00. The SMILES string of the molecule is COc1ccc([C@H]2C(C#N)=C(N)OC3=C2C(=O)CC(C)(C)C3)c2ccccc12. The summed E-state index contributed by atoms with van der Waals surface area (Å²) in [6, 6.07) is 13.8. The lowest BCUT2D eigenvalue weighted by Crippen LogP contribution is -2.33. The molecule has 0 unspecified atom stereocenters. The molecule has 5 heteroatoms. The van der Waals surface area contributed by atoms with Crippen LogP contribution < -0.4 is 10.5 Å². The van der Waals surface area contributed by atoms with Crippen molar-refractivity contribution in [1.82, 2.24) is 0 Å². The second kappa shape index (κ2) is 6.42. The Morgan fingerprint density at radius 2 is 1.89 bits per heavy atom. The maximum atomic E-state index is 13.1. The van der Waals surface area contributed by atoms with E-state index in [0.29, 0.717) is 24.2 Å². The molecule has 1 aliphatic heterocycles. The molecular formula is C23H22N2O3. The highest BCUT2D eigenvalue weighted by atomic mass is 16.5. The predicted octanol–water partition coefficient (Wildman–Crippen LogP) is 4.30. The smallest absolute Gasteiger partial charge is 0.205 e. The van der Waals surface area contributed by atoms with Gasteiger partial charge in [0.25, 0.3) is 0 Å². The molecule has 1 aliphatic carbocycles. The quantitative estimate of drug-likeness (QED) is 0.847. The lowest BCUT2D eigenvalue weighted by atomic mass is 9.70. The summed E-state index contributed by atoms with van der Waals surface area (Å²) in [7, 11) is 1.63. The first-order valence-corrected chi connectivity index (χ1v) is 9.26. The largest absolute Gasteiger partial charge is 0.496 e. The minimum absolute atomic E-state index is 0.0106. The van der Waals surface area contributed by atoms with Crippen molar-refractivity contribution < 1.29 is 14.3 Å². The van der Waals surface area contributed by atoms with Crippen LogP contribution in [0.25, 0.3) is 10.8 Å². The van der Waals surface area contributed by atoms with Crippen molar-refractivity contribution in [3.63, 3.8) is 0 Å². The number of methoxy groups -OCH3 is 1. The number of ether oxygens (including phenoxy) is 2. The van der Waals surface area contributed by atoms with Crippen molar-refractivity contribution >= 4 is 16.6 Å². The van der Waals surface area contributed by atoms with Gasteiger partial charge in [-0.05, 0) is 22.4 Å². The average molecular weight is 374 g/mol. The number of hydrogen-bond donors (Lipinski definition) is 1. The van der Waals surface area contributed by atoms with E-state index in [2.05, 4.69) is 6.07 Å². The number of carbonyl (C=O) groups excluding carboxylic acids is 1. The van der Waals surface area contributed by atoms with Crippen LogP contribution in [0, 0.1) is 16.7 Å². The summed E-state index contributed by atoms with van der Waals surface area (Å²) >= 11 is 0. The second-order valence-electron chi connectivity index (χ2n) is 8.11. The average Bonchev–Trinajstić information content (AvgIpc) is 2.65. The number of benzene rings is 2. The Hall–Kier alpha value is -3.26. The molecule has 0 spiro atoms. The Morgan fingerprint density at radius 3 is 2.57 bits per heavy atom. The summed E-state index contributed by atoms with van der Waals surface area (Å²) in [4.78, 5) is 13.1. The molecule has 142 valence electrons. The molecule has 28 heavy (non-hydrogen) atoms. The van der Waals surface area contributed by atoms with Crippen molar-refractivity contribution in [2.45, 2.75) is 32.6 Å². The van der Waals surface area contributed by atoms with Gasteiger partial charge in [0, 0.05) is 23.8 Å². The van der Waals surface area contributed by atoms with E-state index >= 15 is 0 Å². The van der Waals surface area contributed by atoms with Gasteiger partial charge in [0.2, 0.25) is 5.88 Å². The van der Waals surface area contributed by atoms with E-state index in [9.17, 15) is 10.1 Å². The van der Waals surface area contributed by atoms with E-state index in [-0.39, 0.29) is 22.7 Å². The normalized spacial score (nSPS) is 21.2. The second-order valence-corrected chi connectivity index (χ2v) is 8.11. The van der Waals surface area contributed by atoms with Crippen molar-refractivity contribution in [3.05, 3.63) is 64.8 Å². The molecule has 0 fully saturated rings. The Kier molecular flexibility index (Phi) is 4.15. The van der Waals surface area contributed by atoms with Gasteiger partial charge in [-0.15, -0.1) is 0 Å². The minimum atomic E-state index is -0.534. The van der Waals surface area contributed by atoms with E-state index in [1.807, 2.05) is 50.2 Å². The summed E-state index contributed by atoms with van der Waals surface area (Å²) < 4.78 is 11.3. The lowest BCUT2D eigenvalue weighted by molar-refractivity contribution is -0.119. The van der Waals surface area contributed by atoms with Gasteiger partial charge in [0.05, 0.1) is 13.0 Å². The van der Waals surface area contributed by atoms with Crippen molar-refractivity contribution in [2.24, 2.45) is 11.1 Å². The first kappa shape index (κ1) is 18.1. The standard InChI is InChI=1S/C23H22N2O3/c1-23(2)10-17(26)21-19(11-23)28-22(25)16(12-24)20(21)15-8-9-18(27-3)14-7-5-4-6-13(14)15/h4-9,20H,10-11,25H2,1-3H3/t20-/m0/s1. The van der Waals surface area contributed by atoms with Crippen molar-refractivity contribution in [1.29, 1.82) is 5.26 Å². The van der Waals surface area contributed by atoms with Gasteiger partial charge in [0.1, 0.15) is 23.2 Å². The highest BCUT2D eigenvalue weighted by molar-refractivity contribution is 6.02. The molecule has 2 aromatic carbocycles. The first-order valence-electron chi connectivity index (χ1n) is 9.26. The van der Waals surface area contributed by atoms with Crippen LogP contribution in [0.4, 0.5) is 0 Å². The van der Waals surface area contributed by atoms with Crippen molar-refractivity contribution in [3.8, 4) is 11.8 Å². The van der Waals surface area contributed by atoms with E-state index in [0.717, 1.165) is 22.1 Å². The molecule has 2 aliphatic rings. The van der Waals surface area contributed by atoms with Gasteiger partial charge >= 0.3 is 0 Å². The van der Waals surface area contributed by atoms with Gasteiger partial charge in [-0.1, -0.05) is 44.2 Å². The van der Waals surface area contributed by atoms with Crippen molar-refractivity contribution in [2.75, 3.05) is 7.11 Å². The lowest BCUT2D eigenvalue weighted by Gasteiger charge is -2.37. The molecule has 0 aromatic heterocycles. The van der Waals surface area contributed by atoms with Gasteiger partial charge in [0.15, 0.2) is 5.78 Å². The molecular weight excluding hydrogens is 352 g/mol. The number of rotatable bonds is 2. The van der Waals surface area contributed by atoms with Crippen LogP contribution in [-0.4, -0.2) is 12.9 Å². The molecule has 2 aromatic rings. The number of nitrogens with two attached hydrogens (primary N) is 1. The Bertz CT molecular complexity index is 1100. The van der Waals surface area contributed by atoms with Crippen LogP contribution in [0.3, 0.4) is 0 Å². The fraction of sp³-hybridized carbons (Fsp3) is 0.304. The number of Topliss-reactive ketones (excluding diaryl/α,β-unsaturated/α-hetero) is 1. The van der Waals surface area contributed by atoms with E-state index in [1.54, 1.807) is 7.11 Å². The third-order valence-electron chi connectivity index (χ3n) is 5.52. The van der Waals surface area contributed by atoms with Crippen LogP contribution in [0.5, 0.6) is 5.75 Å². The summed E-state index contributed by atoms with van der Waals surface area (Å²) in [5.74, 6) is 0.885. The van der Waals surface area contributed by atoms with Crippen LogP contribution in [0.15, 0.2) is 59.2 Å². The molecule has 1 atom stereocenters. The summed E-state index contributed by atoms with van der Waals surface area (Å²) in [6.45, 7) is 4.07. The number of fused-ring (bicyclic) bond motifs is 1. The third-order valence-corrected chi connectivity index (χ3v) is 5.52. The zero-order chi connectivity index (χ0) is 20.1. The number of allylic oxidation sites excluding steroid dienone is 3. The highest BCUT2D eigenvalue weighted by Gasteiger charge is 2.43. The van der Waals surface area contributed by atoms with Gasteiger partial charge in [-0.2, -0.15) is 5.26 Å². The predicted molar refractivity (Wildman–Crippen MR) is 106 cm³/mol. The Morgan fingerprint density at radius 1 is 1.18 bits per heavy atom. The van der Waals surface area contributed by atoms with Crippen LogP contribution in [-0.2, 0) is 9.53 Å². The zero-order valence-electron chi connectivity index (χ0n) is 16.2. The molecule has 4 rings (SSSR count). The van der Waals surface area contributed by atoms with Crippen LogP contribution >= 0.6 is 0 Å². The minimum Gasteiger partial charge on any atom is -0.496 e. The van der Waals surface area contributed by atoms with E-state index in [1.165, 1.54) is 0 Å².